The Hall–Kier alpha value is -2.34. The van der Waals surface area contributed by atoms with Crippen molar-refractivity contribution in [2.24, 2.45) is 0 Å². The molecular weight excluding hydrogens is 342 g/mol. The van der Waals surface area contributed by atoms with Crippen LogP contribution in [0.5, 0.6) is 0 Å². The van der Waals surface area contributed by atoms with Gasteiger partial charge in [-0.1, -0.05) is 23.7 Å². The highest BCUT2D eigenvalue weighted by molar-refractivity contribution is 6.30. The summed E-state index contributed by atoms with van der Waals surface area (Å²) in [5.41, 5.74) is 1.81. The van der Waals surface area contributed by atoms with Crippen molar-refractivity contribution in [3.63, 3.8) is 0 Å². The Morgan fingerprint density at radius 3 is 2.64 bits per heavy atom. The Labute approximate surface area is 151 Å². The first-order valence-electron chi connectivity index (χ1n) is 8.25. The maximum atomic E-state index is 12.5. The molecule has 1 aliphatic rings. The van der Waals surface area contributed by atoms with Gasteiger partial charge in [0.15, 0.2) is 0 Å². The normalized spacial score (nSPS) is 15.4. The summed E-state index contributed by atoms with van der Waals surface area (Å²) in [6.07, 6.45) is 3.27. The highest BCUT2D eigenvalue weighted by Crippen LogP contribution is 2.25. The molecule has 0 unspecified atom stereocenters. The molecule has 0 bridgehead atoms. The second-order valence-electron chi connectivity index (χ2n) is 6.31. The number of halogens is 1. The van der Waals surface area contributed by atoms with Crippen molar-refractivity contribution in [1.29, 1.82) is 0 Å². The molecule has 25 heavy (non-hydrogen) atoms. The molecule has 2 aromatic rings. The van der Waals surface area contributed by atoms with Crippen molar-refractivity contribution < 1.29 is 14.7 Å². The zero-order valence-corrected chi connectivity index (χ0v) is 14.7. The number of hydrogen-bond donors (Lipinski definition) is 1. The van der Waals surface area contributed by atoms with Crippen molar-refractivity contribution >= 4 is 23.5 Å². The van der Waals surface area contributed by atoms with Gasteiger partial charge in [-0.2, -0.15) is 5.10 Å². The number of rotatable bonds is 4. The monoisotopic (exact) mass is 361 g/mol. The topological polar surface area (TPSA) is 75.4 Å². The Morgan fingerprint density at radius 2 is 2.04 bits per heavy atom. The van der Waals surface area contributed by atoms with Crippen LogP contribution in [0.3, 0.4) is 0 Å². The minimum absolute atomic E-state index is 0.0872. The van der Waals surface area contributed by atoms with Crippen LogP contribution in [0, 0.1) is 6.92 Å². The first kappa shape index (κ1) is 17.5. The summed E-state index contributed by atoms with van der Waals surface area (Å²) in [4.78, 5) is 25.5. The van der Waals surface area contributed by atoms with Crippen LogP contribution in [0.4, 0.5) is 0 Å². The molecule has 1 N–H and O–H groups in total. The number of carboxylic acid groups (broad SMARTS) is 1. The molecule has 1 amide bonds. The largest absolute Gasteiger partial charge is 0.478 e. The van der Waals surface area contributed by atoms with Crippen LogP contribution in [-0.2, 0) is 11.2 Å². The molecule has 0 saturated carbocycles. The van der Waals surface area contributed by atoms with E-state index in [1.165, 1.54) is 6.20 Å². The Bertz CT molecular complexity index is 795. The van der Waals surface area contributed by atoms with Gasteiger partial charge in [-0.3, -0.25) is 9.48 Å². The van der Waals surface area contributed by atoms with Crippen LogP contribution in [0.1, 0.15) is 40.5 Å². The zero-order chi connectivity index (χ0) is 18.0. The molecule has 1 aromatic carbocycles. The molecule has 132 valence electrons. The predicted molar refractivity (Wildman–Crippen MR) is 93.9 cm³/mol. The van der Waals surface area contributed by atoms with Gasteiger partial charge in [-0.25, -0.2) is 4.79 Å². The molecule has 0 radical (unpaired) electrons. The summed E-state index contributed by atoms with van der Waals surface area (Å²) in [5.74, 6) is -0.873. The summed E-state index contributed by atoms with van der Waals surface area (Å²) < 4.78 is 1.78. The molecule has 1 aliphatic heterocycles. The molecule has 1 aromatic heterocycles. The van der Waals surface area contributed by atoms with Crippen LogP contribution in [0.2, 0.25) is 5.02 Å². The number of nitrogens with zero attached hydrogens (tertiary/aromatic N) is 3. The van der Waals surface area contributed by atoms with Gasteiger partial charge in [-0.15, -0.1) is 0 Å². The van der Waals surface area contributed by atoms with E-state index in [-0.39, 0.29) is 17.5 Å². The van der Waals surface area contributed by atoms with Gasteiger partial charge in [0.05, 0.1) is 24.4 Å². The third-order valence-electron chi connectivity index (χ3n) is 4.68. The third kappa shape index (κ3) is 3.85. The summed E-state index contributed by atoms with van der Waals surface area (Å²) in [5, 5.41) is 14.0. The van der Waals surface area contributed by atoms with Gasteiger partial charge in [0.25, 0.3) is 0 Å². The van der Waals surface area contributed by atoms with E-state index >= 15 is 0 Å². The second kappa shape index (κ2) is 7.27. The summed E-state index contributed by atoms with van der Waals surface area (Å²) in [6.45, 7) is 3.06. The van der Waals surface area contributed by atoms with Crippen molar-refractivity contribution in [1.82, 2.24) is 14.7 Å². The smallest absolute Gasteiger partial charge is 0.339 e. The molecular formula is C18H20ClN3O3. The highest BCUT2D eigenvalue weighted by Gasteiger charge is 2.26. The van der Waals surface area contributed by atoms with Crippen LogP contribution < -0.4 is 0 Å². The lowest BCUT2D eigenvalue weighted by molar-refractivity contribution is -0.131. The number of carbonyl (C=O) groups is 2. The number of aromatic nitrogens is 2. The predicted octanol–water partition coefficient (Wildman–Crippen LogP) is 2.95. The lowest BCUT2D eigenvalue weighted by Crippen LogP contribution is -2.40. The Kier molecular flexibility index (Phi) is 5.08. The van der Waals surface area contributed by atoms with Gasteiger partial charge >= 0.3 is 5.97 Å². The number of benzene rings is 1. The highest BCUT2D eigenvalue weighted by atomic mass is 35.5. The fraction of sp³-hybridized carbons (Fsp3) is 0.389. The third-order valence-corrected chi connectivity index (χ3v) is 4.92. The van der Waals surface area contributed by atoms with Crippen LogP contribution in [-0.4, -0.2) is 44.8 Å². The molecule has 7 heteroatoms. The standard InChI is InChI=1S/C18H20ClN3O3/c1-12-16(18(24)25)11-20-22(12)15-5-7-21(8-6-15)17(23)10-13-3-2-4-14(19)9-13/h2-4,9,11,15H,5-8,10H2,1H3,(H,24,25). The van der Waals surface area contributed by atoms with Crippen molar-refractivity contribution in [2.45, 2.75) is 32.2 Å². The lowest BCUT2D eigenvalue weighted by Gasteiger charge is -2.32. The summed E-state index contributed by atoms with van der Waals surface area (Å²) in [7, 11) is 0. The number of piperidine rings is 1. The van der Waals surface area contributed by atoms with Gasteiger partial charge in [0, 0.05) is 18.1 Å². The minimum Gasteiger partial charge on any atom is -0.478 e. The second-order valence-corrected chi connectivity index (χ2v) is 6.75. The number of carboxylic acids is 1. The van der Waals surface area contributed by atoms with Gasteiger partial charge in [-0.05, 0) is 37.5 Å². The Balaban J connectivity index is 1.60. The van der Waals surface area contributed by atoms with E-state index in [0.717, 1.165) is 18.4 Å². The van der Waals surface area contributed by atoms with Gasteiger partial charge in [0.2, 0.25) is 5.91 Å². The van der Waals surface area contributed by atoms with Crippen LogP contribution >= 0.6 is 11.6 Å². The van der Waals surface area contributed by atoms with Crippen molar-refractivity contribution in [3.8, 4) is 0 Å². The minimum atomic E-state index is -0.960. The Morgan fingerprint density at radius 1 is 1.32 bits per heavy atom. The zero-order valence-electron chi connectivity index (χ0n) is 14.0. The average Bonchev–Trinajstić information content (AvgIpc) is 2.97. The van der Waals surface area contributed by atoms with E-state index < -0.39 is 5.97 Å². The van der Waals surface area contributed by atoms with Crippen molar-refractivity contribution in [3.05, 3.63) is 52.3 Å². The quantitative estimate of drug-likeness (QED) is 0.908. The number of amides is 1. The van der Waals surface area contributed by atoms with Gasteiger partial charge in [0.1, 0.15) is 5.56 Å². The molecule has 2 heterocycles. The molecule has 1 fully saturated rings. The van der Waals surface area contributed by atoms with E-state index in [1.807, 2.05) is 23.1 Å². The summed E-state index contributed by atoms with van der Waals surface area (Å²) >= 11 is 5.96. The SMILES string of the molecule is Cc1c(C(=O)O)cnn1C1CCN(C(=O)Cc2cccc(Cl)c2)CC1. The molecule has 1 saturated heterocycles. The number of likely N-dealkylation sites (tertiary alicyclic amines) is 1. The van der Waals surface area contributed by atoms with Gasteiger partial charge < -0.3 is 10.0 Å². The fourth-order valence-corrected chi connectivity index (χ4v) is 3.51. The molecule has 0 atom stereocenters. The number of hydrogen-bond acceptors (Lipinski definition) is 3. The first-order valence-corrected chi connectivity index (χ1v) is 8.63. The van der Waals surface area contributed by atoms with E-state index in [9.17, 15) is 9.59 Å². The van der Waals surface area contributed by atoms with Crippen LogP contribution in [0.25, 0.3) is 0 Å². The van der Waals surface area contributed by atoms with Crippen molar-refractivity contribution in [2.75, 3.05) is 13.1 Å². The molecule has 6 nitrogen and oxygen atoms in total. The van der Waals surface area contributed by atoms with Crippen LogP contribution in [0.15, 0.2) is 30.5 Å². The molecule has 3 rings (SSSR count). The first-order chi connectivity index (χ1) is 12.0. The number of carbonyl (C=O) groups excluding carboxylic acids is 1. The molecule has 0 spiro atoms. The number of aromatic carboxylic acids is 1. The van der Waals surface area contributed by atoms with E-state index in [0.29, 0.717) is 30.2 Å². The lowest BCUT2D eigenvalue weighted by atomic mass is 10.0. The van der Waals surface area contributed by atoms with E-state index in [1.54, 1.807) is 17.7 Å². The maximum Gasteiger partial charge on any atom is 0.339 e. The fourth-order valence-electron chi connectivity index (χ4n) is 3.29. The summed E-state index contributed by atoms with van der Waals surface area (Å²) in [6, 6.07) is 7.48. The van der Waals surface area contributed by atoms with E-state index in [4.69, 9.17) is 16.7 Å². The average molecular weight is 362 g/mol. The molecule has 0 aliphatic carbocycles. The maximum absolute atomic E-state index is 12.5. The van der Waals surface area contributed by atoms with E-state index in [2.05, 4.69) is 5.10 Å².